The molecule has 120 valence electrons. The zero-order valence-electron chi connectivity index (χ0n) is 13.6. The van der Waals surface area contributed by atoms with Crippen LogP contribution in [-0.4, -0.2) is 24.0 Å². The van der Waals surface area contributed by atoms with Crippen molar-refractivity contribution in [2.24, 2.45) is 22.7 Å². The quantitative estimate of drug-likeness (QED) is 0.627. The van der Waals surface area contributed by atoms with Gasteiger partial charge in [-0.3, -0.25) is 4.98 Å². The number of aromatic nitrogens is 1. The van der Waals surface area contributed by atoms with Crippen LogP contribution in [0.15, 0.2) is 29.4 Å². The molecular weight excluding hydrogens is 272 g/mol. The fourth-order valence-electron chi connectivity index (χ4n) is 4.10. The Morgan fingerprint density at radius 2 is 2.23 bits per heavy atom. The van der Waals surface area contributed by atoms with E-state index < -0.39 is 0 Å². The minimum atomic E-state index is 0.629. The van der Waals surface area contributed by atoms with Gasteiger partial charge >= 0.3 is 0 Å². The molecule has 1 aromatic rings. The van der Waals surface area contributed by atoms with Crippen LogP contribution in [0.25, 0.3) is 0 Å². The Kier molecular flexibility index (Phi) is 5.30. The maximum atomic E-state index is 4.63. The van der Waals surface area contributed by atoms with Gasteiger partial charge in [-0.2, -0.15) is 0 Å². The minimum absolute atomic E-state index is 0.629. The summed E-state index contributed by atoms with van der Waals surface area (Å²) in [5.74, 6) is 3.92. The summed E-state index contributed by atoms with van der Waals surface area (Å²) in [6.07, 6.45) is 9.04. The van der Waals surface area contributed by atoms with Crippen LogP contribution in [0, 0.1) is 17.8 Å². The molecule has 2 aliphatic rings. The standard InChI is InChI=1S/C18H28N4/c1-2-19-18(22-13-17-5-3-4-9-20-17)21-10-8-16-12-14-6-7-15(16)11-14/h3-5,9,14-16H,2,6-8,10-13H2,1H3,(H2,19,21,22). The molecule has 3 atom stereocenters. The summed E-state index contributed by atoms with van der Waals surface area (Å²) in [5.41, 5.74) is 1.01. The highest BCUT2D eigenvalue weighted by atomic mass is 15.2. The molecule has 0 radical (unpaired) electrons. The summed E-state index contributed by atoms with van der Waals surface area (Å²) < 4.78 is 0. The Hall–Kier alpha value is -1.58. The Bertz CT molecular complexity index is 485. The highest BCUT2D eigenvalue weighted by Gasteiger charge is 2.38. The van der Waals surface area contributed by atoms with Crippen LogP contribution < -0.4 is 10.6 Å². The maximum Gasteiger partial charge on any atom is 0.191 e. The summed E-state index contributed by atoms with van der Waals surface area (Å²) in [7, 11) is 0. The Morgan fingerprint density at radius 1 is 1.27 bits per heavy atom. The lowest BCUT2D eigenvalue weighted by atomic mass is 9.86. The van der Waals surface area contributed by atoms with Gasteiger partial charge in [0, 0.05) is 19.3 Å². The molecule has 0 saturated heterocycles. The van der Waals surface area contributed by atoms with Crippen molar-refractivity contribution in [1.82, 2.24) is 15.6 Å². The number of rotatable bonds is 6. The van der Waals surface area contributed by atoms with Crippen LogP contribution in [0.5, 0.6) is 0 Å². The molecule has 4 heteroatoms. The molecule has 2 N–H and O–H groups in total. The average molecular weight is 300 g/mol. The van der Waals surface area contributed by atoms with Crippen LogP contribution in [0.2, 0.25) is 0 Å². The molecule has 2 aliphatic carbocycles. The Balaban J connectivity index is 1.44. The van der Waals surface area contributed by atoms with E-state index in [2.05, 4.69) is 27.5 Å². The Morgan fingerprint density at radius 3 is 2.91 bits per heavy atom. The molecule has 3 unspecified atom stereocenters. The predicted molar refractivity (Wildman–Crippen MR) is 90.6 cm³/mol. The van der Waals surface area contributed by atoms with Crippen LogP contribution >= 0.6 is 0 Å². The van der Waals surface area contributed by atoms with E-state index in [1.54, 1.807) is 0 Å². The van der Waals surface area contributed by atoms with E-state index in [4.69, 9.17) is 0 Å². The van der Waals surface area contributed by atoms with Crippen molar-refractivity contribution in [3.05, 3.63) is 30.1 Å². The van der Waals surface area contributed by atoms with Crippen molar-refractivity contribution in [3.63, 3.8) is 0 Å². The Labute approximate surface area is 133 Å². The molecule has 0 spiro atoms. The molecule has 4 nitrogen and oxygen atoms in total. The molecule has 0 aromatic carbocycles. The highest BCUT2D eigenvalue weighted by Crippen LogP contribution is 2.49. The lowest BCUT2D eigenvalue weighted by molar-refractivity contribution is 0.315. The van der Waals surface area contributed by atoms with E-state index in [1.165, 1.54) is 32.1 Å². The average Bonchev–Trinajstić information content (AvgIpc) is 3.16. The second-order valence-electron chi connectivity index (χ2n) is 6.67. The van der Waals surface area contributed by atoms with E-state index in [0.29, 0.717) is 6.54 Å². The molecule has 1 heterocycles. The van der Waals surface area contributed by atoms with Gasteiger partial charge in [-0.15, -0.1) is 0 Å². The van der Waals surface area contributed by atoms with E-state index in [9.17, 15) is 0 Å². The SMILES string of the molecule is CCNC(=NCc1ccccn1)NCCC1CC2CCC1C2. The fourth-order valence-corrected chi connectivity index (χ4v) is 4.10. The number of nitrogens with zero attached hydrogens (tertiary/aromatic N) is 2. The number of pyridine rings is 1. The van der Waals surface area contributed by atoms with Crippen molar-refractivity contribution in [2.75, 3.05) is 13.1 Å². The highest BCUT2D eigenvalue weighted by molar-refractivity contribution is 5.79. The summed E-state index contributed by atoms with van der Waals surface area (Å²) in [6, 6.07) is 5.96. The van der Waals surface area contributed by atoms with Gasteiger partial charge in [-0.05, 0) is 62.5 Å². The van der Waals surface area contributed by atoms with Gasteiger partial charge in [0.25, 0.3) is 0 Å². The first-order valence-electron chi connectivity index (χ1n) is 8.77. The molecule has 2 saturated carbocycles. The number of hydrogen-bond acceptors (Lipinski definition) is 2. The number of aliphatic imine (C=N–C) groups is 1. The van der Waals surface area contributed by atoms with Gasteiger partial charge in [0.1, 0.15) is 0 Å². The van der Waals surface area contributed by atoms with Crippen molar-refractivity contribution < 1.29 is 0 Å². The number of nitrogens with one attached hydrogen (secondary N) is 2. The van der Waals surface area contributed by atoms with Gasteiger partial charge in [0.15, 0.2) is 5.96 Å². The van der Waals surface area contributed by atoms with E-state index in [-0.39, 0.29) is 0 Å². The van der Waals surface area contributed by atoms with Crippen LogP contribution in [-0.2, 0) is 6.54 Å². The first-order valence-corrected chi connectivity index (χ1v) is 8.77. The number of guanidine groups is 1. The second-order valence-corrected chi connectivity index (χ2v) is 6.67. The lowest BCUT2D eigenvalue weighted by Crippen LogP contribution is -2.38. The molecule has 3 rings (SSSR count). The topological polar surface area (TPSA) is 49.3 Å². The van der Waals surface area contributed by atoms with Crippen molar-refractivity contribution >= 4 is 5.96 Å². The fraction of sp³-hybridized carbons (Fsp3) is 0.667. The maximum absolute atomic E-state index is 4.63. The third-order valence-corrected chi connectivity index (χ3v) is 5.16. The summed E-state index contributed by atoms with van der Waals surface area (Å²) in [5, 5.41) is 6.81. The van der Waals surface area contributed by atoms with E-state index in [0.717, 1.165) is 42.5 Å². The largest absolute Gasteiger partial charge is 0.357 e. The molecule has 2 bridgehead atoms. The summed E-state index contributed by atoms with van der Waals surface area (Å²) in [4.78, 5) is 8.95. The lowest BCUT2D eigenvalue weighted by Gasteiger charge is -2.22. The number of fused-ring (bicyclic) bond motifs is 2. The first-order chi connectivity index (χ1) is 10.8. The minimum Gasteiger partial charge on any atom is -0.357 e. The first kappa shape index (κ1) is 15.3. The monoisotopic (exact) mass is 300 g/mol. The van der Waals surface area contributed by atoms with Gasteiger partial charge in [-0.1, -0.05) is 12.5 Å². The van der Waals surface area contributed by atoms with Gasteiger partial charge in [0.05, 0.1) is 12.2 Å². The van der Waals surface area contributed by atoms with Crippen molar-refractivity contribution in [2.45, 2.75) is 45.6 Å². The smallest absolute Gasteiger partial charge is 0.191 e. The normalized spacial score (nSPS) is 27.1. The molecular formula is C18H28N4. The predicted octanol–water partition coefficient (Wildman–Crippen LogP) is 2.96. The van der Waals surface area contributed by atoms with E-state index >= 15 is 0 Å². The molecule has 1 aromatic heterocycles. The number of hydrogen-bond donors (Lipinski definition) is 2. The molecule has 0 amide bonds. The third-order valence-electron chi connectivity index (χ3n) is 5.16. The van der Waals surface area contributed by atoms with Crippen molar-refractivity contribution in [1.29, 1.82) is 0 Å². The summed E-state index contributed by atoms with van der Waals surface area (Å²) in [6.45, 7) is 4.66. The van der Waals surface area contributed by atoms with E-state index in [1.807, 2.05) is 24.4 Å². The second kappa shape index (κ2) is 7.61. The zero-order chi connectivity index (χ0) is 15.2. The van der Waals surface area contributed by atoms with Crippen LogP contribution in [0.4, 0.5) is 0 Å². The molecule has 22 heavy (non-hydrogen) atoms. The van der Waals surface area contributed by atoms with Gasteiger partial charge in [0.2, 0.25) is 0 Å². The van der Waals surface area contributed by atoms with Gasteiger partial charge in [-0.25, -0.2) is 4.99 Å². The summed E-state index contributed by atoms with van der Waals surface area (Å²) >= 11 is 0. The zero-order valence-corrected chi connectivity index (χ0v) is 13.6. The van der Waals surface area contributed by atoms with Crippen LogP contribution in [0.1, 0.15) is 44.7 Å². The molecule has 2 fully saturated rings. The third kappa shape index (κ3) is 3.99. The van der Waals surface area contributed by atoms with Crippen LogP contribution in [0.3, 0.4) is 0 Å². The molecule has 0 aliphatic heterocycles. The van der Waals surface area contributed by atoms with Crippen molar-refractivity contribution in [3.8, 4) is 0 Å². The van der Waals surface area contributed by atoms with Gasteiger partial charge < -0.3 is 10.6 Å².